The van der Waals surface area contributed by atoms with Gasteiger partial charge in [-0.1, -0.05) is 15.9 Å². The van der Waals surface area contributed by atoms with E-state index in [0.717, 1.165) is 28.1 Å². The van der Waals surface area contributed by atoms with E-state index in [2.05, 4.69) is 39.2 Å². The molecule has 1 saturated heterocycles. The number of aromatic nitrogens is 1. The van der Waals surface area contributed by atoms with E-state index in [0.29, 0.717) is 6.61 Å². The van der Waals surface area contributed by atoms with Crippen molar-refractivity contribution in [2.24, 2.45) is 0 Å². The van der Waals surface area contributed by atoms with Crippen LogP contribution in [0.3, 0.4) is 0 Å². The molecule has 0 saturated carbocycles. The first-order valence-corrected chi connectivity index (χ1v) is 7.15. The Hall–Kier alpha value is -0.490. The summed E-state index contributed by atoms with van der Waals surface area (Å²) in [5, 5.41) is 4.27. The molecule has 1 aliphatic heterocycles. The fourth-order valence-electron chi connectivity index (χ4n) is 1.82. The van der Waals surface area contributed by atoms with Crippen molar-refractivity contribution in [2.75, 3.05) is 13.1 Å². The van der Waals surface area contributed by atoms with Gasteiger partial charge in [0, 0.05) is 17.6 Å². The Bertz CT molecular complexity index is 550. The van der Waals surface area contributed by atoms with Crippen molar-refractivity contribution in [3.05, 3.63) is 27.7 Å². The lowest BCUT2D eigenvalue weighted by atomic mass is 10.0. The molecule has 1 N–H and O–H groups in total. The zero-order chi connectivity index (χ0) is 11.9. The predicted octanol–water partition coefficient (Wildman–Crippen LogP) is 2.94. The van der Waals surface area contributed by atoms with E-state index in [9.17, 15) is 0 Å². The number of fused-ring (bicyclic) bond motifs is 1. The lowest BCUT2D eigenvalue weighted by Crippen LogP contribution is -2.58. The molecule has 2 aromatic rings. The molecule has 1 aromatic carbocycles. The van der Waals surface area contributed by atoms with Crippen LogP contribution in [0.2, 0.25) is 0 Å². The molecule has 3 rings (SSSR count). The van der Waals surface area contributed by atoms with Crippen molar-refractivity contribution in [1.82, 2.24) is 10.3 Å². The molecule has 3 nitrogen and oxygen atoms in total. The topological polar surface area (TPSA) is 34.1 Å². The van der Waals surface area contributed by atoms with Gasteiger partial charge in [-0.15, -0.1) is 11.3 Å². The molecular formula is C12H13BrN2OS. The predicted molar refractivity (Wildman–Crippen MR) is 73.4 cm³/mol. The molecule has 0 atom stereocenters. The minimum Gasteiger partial charge on any atom is -0.365 e. The second-order valence-electron chi connectivity index (χ2n) is 4.56. The lowest BCUT2D eigenvalue weighted by Gasteiger charge is -2.38. The Kier molecular flexibility index (Phi) is 2.94. The third-order valence-corrected chi connectivity index (χ3v) is 4.42. The normalized spacial score (nSPS) is 18.2. The summed E-state index contributed by atoms with van der Waals surface area (Å²) in [4.78, 5) is 4.57. The first kappa shape index (κ1) is 11.6. The third-order valence-electron chi connectivity index (χ3n) is 2.94. The SMILES string of the molecule is CC1(OCc2nc3ccc(Br)cc3s2)CNC1. The first-order valence-electron chi connectivity index (χ1n) is 5.54. The number of rotatable bonds is 3. The molecule has 0 unspecified atom stereocenters. The van der Waals surface area contributed by atoms with Gasteiger partial charge in [0.2, 0.25) is 0 Å². The molecule has 17 heavy (non-hydrogen) atoms. The van der Waals surface area contributed by atoms with Crippen LogP contribution in [0.1, 0.15) is 11.9 Å². The summed E-state index contributed by atoms with van der Waals surface area (Å²) in [5.41, 5.74) is 1.05. The molecule has 0 bridgehead atoms. The zero-order valence-corrected chi connectivity index (χ0v) is 11.9. The average Bonchev–Trinajstić information content (AvgIpc) is 2.65. The Balaban J connectivity index is 1.76. The maximum atomic E-state index is 5.88. The van der Waals surface area contributed by atoms with Gasteiger partial charge < -0.3 is 10.1 Å². The molecule has 1 aromatic heterocycles. The van der Waals surface area contributed by atoms with E-state index in [1.165, 1.54) is 4.70 Å². The van der Waals surface area contributed by atoms with Gasteiger partial charge in [0.25, 0.3) is 0 Å². The van der Waals surface area contributed by atoms with Crippen LogP contribution < -0.4 is 5.32 Å². The summed E-state index contributed by atoms with van der Waals surface area (Å²) in [7, 11) is 0. The summed E-state index contributed by atoms with van der Waals surface area (Å²) >= 11 is 5.17. The van der Waals surface area contributed by atoms with Gasteiger partial charge in [0.15, 0.2) is 0 Å². The highest BCUT2D eigenvalue weighted by Crippen LogP contribution is 2.27. The molecule has 5 heteroatoms. The number of nitrogens with zero attached hydrogens (tertiary/aromatic N) is 1. The highest BCUT2D eigenvalue weighted by atomic mass is 79.9. The summed E-state index contributed by atoms with van der Waals surface area (Å²) in [5.74, 6) is 0. The summed E-state index contributed by atoms with van der Waals surface area (Å²) in [6, 6.07) is 6.15. The number of hydrogen-bond donors (Lipinski definition) is 1. The van der Waals surface area contributed by atoms with Crippen molar-refractivity contribution in [3.8, 4) is 0 Å². The molecule has 1 fully saturated rings. The van der Waals surface area contributed by atoms with E-state index in [1.807, 2.05) is 12.1 Å². The molecule has 90 valence electrons. The maximum Gasteiger partial charge on any atom is 0.120 e. The number of halogens is 1. The molecule has 0 aliphatic carbocycles. The summed E-state index contributed by atoms with van der Waals surface area (Å²) in [6.45, 7) is 4.61. The van der Waals surface area contributed by atoms with Crippen LogP contribution >= 0.6 is 27.3 Å². The monoisotopic (exact) mass is 312 g/mol. The standard InChI is InChI=1S/C12H13BrN2OS/c1-12(6-14-7-12)16-5-11-15-9-3-2-8(13)4-10(9)17-11/h2-4,14H,5-7H2,1H3. The van der Waals surface area contributed by atoms with Crippen LogP contribution in [0.5, 0.6) is 0 Å². The quantitative estimate of drug-likeness (QED) is 0.946. The minimum atomic E-state index is -0.00155. The van der Waals surface area contributed by atoms with Crippen LogP contribution in [0.15, 0.2) is 22.7 Å². The van der Waals surface area contributed by atoms with Crippen molar-refractivity contribution in [1.29, 1.82) is 0 Å². The highest BCUT2D eigenvalue weighted by Gasteiger charge is 2.32. The number of benzene rings is 1. The van der Waals surface area contributed by atoms with E-state index < -0.39 is 0 Å². The van der Waals surface area contributed by atoms with Crippen LogP contribution in [-0.4, -0.2) is 23.7 Å². The van der Waals surface area contributed by atoms with Crippen LogP contribution in [-0.2, 0) is 11.3 Å². The van der Waals surface area contributed by atoms with E-state index in [-0.39, 0.29) is 5.60 Å². The maximum absolute atomic E-state index is 5.88. The van der Waals surface area contributed by atoms with Crippen LogP contribution in [0.4, 0.5) is 0 Å². The molecule has 0 radical (unpaired) electrons. The number of hydrogen-bond acceptors (Lipinski definition) is 4. The largest absolute Gasteiger partial charge is 0.365 e. The lowest BCUT2D eigenvalue weighted by molar-refractivity contribution is -0.0767. The number of ether oxygens (including phenoxy) is 1. The van der Waals surface area contributed by atoms with Gasteiger partial charge in [-0.3, -0.25) is 0 Å². The Morgan fingerprint density at radius 3 is 3.06 bits per heavy atom. The van der Waals surface area contributed by atoms with Gasteiger partial charge in [0.1, 0.15) is 5.01 Å². The van der Waals surface area contributed by atoms with Gasteiger partial charge in [0.05, 0.1) is 22.4 Å². The number of thiazole rings is 1. The van der Waals surface area contributed by atoms with E-state index in [4.69, 9.17) is 4.74 Å². The van der Waals surface area contributed by atoms with Crippen molar-refractivity contribution in [2.45, 2.75) is 19.1 Å². The fourth-order valence-corrected chi connectivity index (χ4v) is 3.26. The molecule has 0 amide bonds. The Morgan fingerprint density at radius 1 is 1.53 bits per heavy atom. The van der Waals surface area contributed by atoms with E-state index >= 15 is 0 Å². The third kappa shape index (κ3) is 2.38. The zero-order valence-electron chi connectivity index (χ0n) is 9.50. The smallest absolute Gasteiger partial charge is 0.120 e. The summed E-state index contributed by atoms with van der Waals surface area (Å²) < 4.78 is 8.18. The Morgan fingerprint density at radius 2 is 2.35 bits per heavy atom. The van der Waals surface area contributed by atoms with Gasteiger partial charge >= 0.3 is 0 Å². The van der Waals surface area contributed by atoms with Gasteiger partial charge in [-0.05, 0) is 25.1 Å². The van der Waals surface area contributed by atoms with E-state index in [1.54, 1.807) is 11.3 Å². The molecule has 1 aliphatic rings. The molecule has 0 spiro atoms. The van der Waals surface area contributed by atoms with Crippen molar-refractivity contribution < 1.29 is 4.74 Å². The van der Waals surface area contributed by atoms with Gasteiger partial charge in [-0.25, -0.2) is 4.98 Å². The second-order valence-corrected chi connectivity index (χ2v) is 6.59. The summed E-state index contributed by atoms with van der Waals surface area (Å²) in [6.07, 6.45) is 0. The van der Waals surface area contributed by atoms with Crippen LogP contribution in [0.25, 0.3) is 10.2 Å². The molecular weight excluding hydrogens is 300 g/mol. The average molecular weight is 313 g/mol. The minimum absolute atomic E-state index is 0.00155. The fraction of sp³-hybridized carbons (Fsp3) is 0.417. The highest BCUT2D eigenvalue weighted by molar-refractivity contribution is 9.10. The second kappa shape index (κ2) is 4.31. The van der Waals surface area contributed by atoms with Crippen molar-refractivity contribution in [3.63, 3.8) is 0 Å². The van der Waals surface area contributed by atoms with Crippen molar-refractivity contribution >= 4 is 37.5 Å². The van der Waals surface area contributed by atoms with Gasteiger partial charge in [-0.2, -0.15) is 0 Å². The molecule has 2 heterocycles. The van der Waals surface area contributed by atoms with Crippen LogP contribution in [0, 0.1) is 0 Å². The first-order chi connectivity index (χ1) is 8.15. The number of nitrogens with one attached hydrogen (secondary N) is 1. The Labute approximate surface area is 112 Å².